The number of Topliss-reactive ketones (excluding diaryl/α,β-unsaturated/α-hetero) is 2. The molecule has 2 atom stereocenters. The van der Waals surface area contributed by atoms with Gasteiger partial charge in [0.2, 0.25) is 0 Å². The number of hydrogen-bond donors (Lipinski definition) is 1. The van der Waals surface area contributed by atoms with E-state index >= 15 is 0 Å². The number of nitrogens with one attached hydrogen (secondary N) is 1. The van der Waals surface area contributed by atoms with E-state index in [4.69, 9.17) is 11.6 Å². The van der Waals surface area contributed by atoms with Crippen molar-refractivity contribution in [3.05, 3.63) is 64.7 Å². The molecule has 2 unspecified atom stereocenters. The molecule has 1 fully saturated rings. The van der Waals surface area contributed by atoms with Crippen LogP contribution in [-0.4, -0.2) is 29.0 Å². The molecule has 26 heavy (non-hydrogen) atoms. The third-order valence-electron chi connectivity index (χ3n) is 4.42. The van der Waals surface area contributed by atoms with E-state index in [2.05, 4.69) is 10.3 Å². The van der Waals surface area contributed by atoms with Crippen LogP contribution in [0.5, 0.6) is 0 Å². The van der Waals surface area contributed by atoms with E-state index in [9.17, 15) is 18.8 Å². The Labute approximate surface area is 154 Å². The molecule has 0 radical (unpaired) electrons. The number of benzene rings is 1. The molecule has 7 heteroatoms. The van der Waals surface area contributed by atoms with Crippen molar-refractivity contribution in [3.63, 3.8) is 0 Å². The minimum atomic E-state index is -1.17. The number of carbonyl (C=O) groups is 3. The van der Waals surface area contributed by atoms with Gasteiger partial charge in [-0.05, 0) is 30.7 Å². The highest BCUT2D eigenvalue weighted by Gasteiger charge is 2.43. The normalized spacial score (nSPS) is 19.6. The van der Waals surface area contributed by atoms with Gasteiger partial charge in [0.25, 0.3) is 5.91 Å². The highest BCUT2D eigenvalue weighted by atomic mass is 35.5. The highest BCUT2D eigenvalue weighted by molar-refractivity contribution is 6.32. The SMILES string of the molecule is O=C(NCCC1CC(=O)C(c2c(F)cccc2Cl)C1=O)c1ccccn1. The van der Waals surface area contributed by atoms with E-state index in [0.717, 1.165) is 0 Å². The van der Waals surface area contributed by atoms with Gasteiger partial charge in [0.1, 0.15) is 23.2 Å². The van der Waals surface area contributed by atoms with Gasteiger partial charge in [0.15, 0.2) is 5.78 Å². The fourth-order valence-electron chi connectivity index (χ4n) is 3.14. The lowest BCUT2D eigenvalue weighted by Gasteiger charge is -2.12. The Bertz CT molecular complexity index is 837. The van der Waals surface area contributed by atoms with Crippen molar-refractivity contribution in [2.75, 3.05) is 6.54 Å². The molecule has 0 bridgehead atoms. The number of aromatic nitrogens is 1. The molecule has 0 saturated heterocycles. The van der Waals surface area contributed by atoms with Crippen LogP contribution in [-0.2, 0) is 9.59 Å². The molecule has 1 N–H and O–H groups in total. The van der Waals surface area contributed by atoms with Gasteiger partial charge in [-0.25, -0.2) is 4.39 Å². The maximum absolute atomic E-state index is 14.1. The van der Waals surface area contributed by atoms with Crippen LogP contribution in [0.3, 0.4) is 0 Å². The lowest BCUT2D eigenvalue weighted by atomic mass is 9.93. The van der Waals surface area contributed by atoms with Crippen LogP contribution in [0.15, 0.2) is 42.6 Å². The smallest absolute Gasteiger partial charge is 0.269 e. The number of carbonyl (C=O) groups excluding carboxylic acids is 3. The van der Waals surface area contributed by atoms with Crippen molar-refractivity contribution in [3.8, 4) is 0 Å². The molecule has 1 heterocycles. The molecule has 1 amide bonds. The summed E-state index contributed by atoms with van der Waals surface area (Å²) in [6, 6.07) is 9.05. The standard InChI is InChI=1S/C19H16ClFN2O3/c20-12-4-3-5-13(21)16(12)17-15(24)10-11(18(17)25)7-9-23-19(26)14-6-1-2-8-22-14/h1-6,8,11,17H,7,9-10H2,(H,23,26). The molecule has 0 aliphatic heterocycles. The quantitative estimate of drug-likeness (QED) is 0.816. The van der Waals surface area contributed by atoms with Crippen LogP contribution >= 0.6 is 11.6 Å². The molecular formula is C19H16ClFN2O3. The second kappa shape index (κ2) is 7.74. The maximum Gasteiger partial charge on any atom is 0.269 e. The molecule has 3 rings (SSSR count). The third-order valence-corrected chi connectivity index (χ3v) is 4.75. The summed E-state index contributed by atoms with van der Waals surface area (Å²) in [4.78, 5) is 40.8. The van der Waals surface area contributed by atoms with Gasteiger partial charge in [-0.15, -0.1) is 0 Å². The molecule has 2 aromatic rings. The minimum Gasteiger partial charge on any atom is -0.351 e. The van der Waals surface area contributed by atoms with Crippen LogP contribution in [0.1, 0.15) is 34.8 Å². The maximum atomic E-state index is 14.1. The minimum absolute atomic E-state index is 0.0214. The fourth-order valence-corrected chi connectivity index (χ4v) is 3.41. The summed E-state index contributed by atoms with van der Waals surface area (Å²) < 4.78 is 14.1. The molecule has 134 valence electrons. The molecular weight excluding hydrogens is 359 g/mol. The fraction of sp³-hybridized carbons (Fsp3) is 0.263. The van der Waals surface area contributed by atoms with Crippen molar-refractivity contribution in [1.82, 2.24) is 10.3 Å². The van der Waals surface area contributed by atoms with Gasteiger partial charge in [0, 0.05) is 35.7 Å². The first kappa shape index (κ1) is 18.2. The molecule has 0 spiro atoms. The van der Waals surface area contributed by atoms with Crippen LogP contribution in [0, 0.1) is 11.7 Å². The number of rotatable bonds is 5. The zero-order valence-corrected chi connectivity index (χ0v) is 14.5. The summed E-state index contributed by atoms with van der Waals surface area (Å²) in [5, 5.41) is 2.74. The summed E-state index contributed by atoms with van der Waals surface area (Å²) in [6.45, 7) is 0.219. The lowest BCUT2D eigenvalue weighted by molar-refractivity contribution is -0.124. The summed E-state index contributed by atoms with van der Waals surface area (Å²) >= 11 is 5.99. The Balaban J connectivity index is 1.63. The first-order valence-electron chi connectivity index (χ1n) is 8.18. The first-order valence-corrected chi connectivity index (χ1v) is 8.56. The van der Waals surface area contributed by atoms with Gasteiger partial charge in [0.05, 0.1) is 0 Å². The Morgan fingerprint density at radius 1 is 1.23 bits per heavy atom. The van der Waals surface area contributed by atoms with Crippen molar-refractivity contribution < 1.29 is 18.8 Å². The van der Waals surface area contributed by atoms with E-state index in [1.54, 1.807) is 18.2 Å². The summed E-state index contributed by atoms with van der Waals surface area (Å²) in [5.74, 6) is -3.44. The van der Waals surface area contributed by atoms with Crippen molar-refractivity contribution in [2.24, 2.45) is 5.92 Å². The third kappa shape index (κ3) is 3.65. The summed E-state index contributed by atoms with van der Waals surface area (Å²) in [7, 11) is 0. The number of pyridine rings is 1. The Hall–Kier alpha value is -2.60. The molecule has 5 nitrogen and oxygen atoms in total. The van der Waals surface area contributed by atoms with E-state index in [0.29, 0.717) is 6.42 Å². The van der Waals surface area contributed by atoms with Crippen LogP contribution < -0.4 is 5.32 Å². The van der Waals surface area contributed by atoms with E-state index in [1.165, 1.54) is 24.4 Å². The number of halogens is 2. The Morgan fingerprint density at radius 2 is 2.04 bits per heavy atom. The van der Waals surface area contributed by atoms with Gasteiger partial charge >= 0.3 is 0 Å². The van der Waals surface area contributed by atoms with E-state index < -0.39 is 17.7 Å². The van der Waals surface area contributed by atoms with Crippen LogP contribution in [0.2, 0.25) is 5.02 Å². The monoisotopic (exact) mass is 374 g/mol. The number of hydrogen-bond acceptors (Lipinski definition) is 4. The predicted octanol–water partition coefficient (Wildman–Crippen LogP) is 2.94. The molecule has 1 aromatic heterocycles. The van der Waals surface area contributed by atoms with Gasteiger partial charge in [-0.1, -0.05) is 23.7 Å². The van der Waals surface area contributed by atoms with Crippen LogP contribution in [0.25, 0.3) is 0 Å². The number of amides is 1. The Kier molecular flexibility index (Phi) is 5.42. The average molecular weight is 375 g/mol. The van der Waals surface area contributed by atoms with Crippen molar-refractivity contribution in [2.45, 2.75) is 18.8 Å². The average Bonchev–Trinajstić information content (AvgIpc) is 2.90. The van der Waals surface area contributed by atoms with Gasteiger partial charge in [-0.2, -0.15) is 0 Å². The number of nitrogens with zero attached hydrogens (tertiary/aromatic N) is 1. The topological polar surface area (TPSA) is 76.1 Å². The second-order valence-electron chi connectivity index (χ2n) is 6.10. The number of ketones is 2. The summed E-state index contributed by atoms with van der Waals surface area (Å²) in [6.07, 6.45) is 1.83. The van der Waals surface area contributed by atoms with Gasteiger partial charge in [-0.3, -0.25) is 19.4 Å². The van der Waals surface area contributed by atoms with Gasteiger partial charge < -0.3 is 5.32 Å². The first-order chi connectivity index (χ1) is 12.5. The van der Waals surface area contributed by atoms with E-state index in [1.807, 2.05) is 0 Å². The molecule has 1 aliphatic carbocycles. The van der Waals surface area contributed by atoms with Crippen LogP contribution in [0.4, 0.5) is 4.39 Å². The lowest BCUT2D eigenvalue weighted by Crippen LogP contribution is -2.27. The highest BCUT2D eigenvalue weighted by Crippen LogP contribution is 2.38. The zero-order valence-electron chi connectivity index (χ0n) is 13.7. The zero-order chi connectivity index (χ0) is 18.7. The largest absolute Gasteiger partial charge is 0.351 e. The second-order valence-corrected chi connectivity index (χ2v) is 6.50. The summed E-state index contributed by atoms with van der Waals surface area (Å²) in [5.41, 5.74) is 0.224. The molecule has 1 aliphatic rings. The predicted molar refractivity (Wildman–Crippen MR) is 93.5 cm³/mol. The molecule has 1 saturated carbocycles. The van der Waals surface area contributed by atoms with Crippen molar-refractivity contribution >= 4 is 29.1 Å². The Morgan fingerprint density at radius 3 is 2.73 bits per heavy atom. The molecule has 1 aromatic carbocycles. The van der Waals surface area contributed by atoms with E-state index in [-0.39, 0.29) is 46.7 Å². The van der Waals surface area contributed by atoms with Crippen molar-refractivity contribution in [1.29, 1.82) is 0 Å².